The van der Waals surface area contributed by atoms with E-state index in [1.807, 2.05) is 0 Å². The minimum atomic E-state index is 0.901. The van der Waals surface area contributed by atoms with Gasteiger partial charge in [-0.2, -0.15) is 0 Å². The molecule has 0 aromatic rings. The molecule has 0 N–H and O–H groups in total. The Balaban J connectivity index is 2.37. The zero-order chi connectivity index (χ0) is 8.27. The Bertz CT molecular complexity index is 192. The first-order chi connectivity index (χ1) is 5.20. The first kappa shape index (κ1) is 10.2. The van der Waals surface area contributed by atoms with Crippen LogP contribution in [0.2, 0.25) is 0 Å². The molecule has 0 amide bonds. The van der Waals surface area contributed by atoms with E-state index in [9.17, 15) is 0 Å². The summed E-state index contributed by atoms with van der Waals surface area (Å²) in [6, 6.07) is 0. The molecule has 1 rings (SSSR count). The van der Waals surface area contributed by atoms with E-state index < -0.39 is 0 Å². The summed E-state index contributed by atoms with van der Waals surface area (Å²) in [6.07, 6.45) is 7.11. The van der Waals surface area contributed by atoms with Gasteiger partial charge in [-0.1, -0.05) is 0 Å². The maximum atomic E-state index is 2.31. The van der Waals surface area contributed by atoms with Crippen molar-refractivity contribution >= 4 is 49.0 Å². The number of nitrogens with zero attached hydrogens (tertiary/aromatic N) is 1. The second-order valence-electron chi connectivity index (χ2n) is 3.47. The third-order valence-electron chi connectivity index (χ3n) is 2.12. The predicted molar refractivity (Wildman–Crippen MR) is 49.7 cm³/mol. The molecule has 56 valence electrons. The minimum absolute atomic E-state index is 0.901. The van der Waals surface area contributed by atoms with E-state index in [1.54, 1.807) is 5.24 Å². The molecular weight excluding hydrogens is 161 g/mol. The second-order valence-corrected chi connectivity index (χ2v) is 5.35. The molecule has 0 bridgehead atoms. The van der Waals surface area contributed by atoms with Crippen LogP contribution in [0.15, 0.2) is 17.4 Å². The Kier molecular flexibility index (Phi) is 4.57. The van der Waals surface area contributed by atoms with Crippen molar-refractivity contribution in [3.63, 3.8) is 0 Å². The zero-order valence-corrected chi connectivity index (χ0v) is 10.8. The van der Waals surface area contributed by atoms with Gasteiger partial charge in [0.1, 0.15) is 0 Å². The Hall–Kier alpha value is 1.08. The van der Waals surface area contributed by atoms with Crippen LogP contribution in [0.4, 0.5) is 0 Å². The molecule has 0 spiro atoms. The van der Waals surface area contributed by atoms with Crippen molar-refractivity contribution in [3.8, 4) is 0 Å². The zero-order valence-electron chi connectivity index (χ0n) is 7.72. The van der Waals surface area contributed by atoms with E-state index in [0.29, 0.717) is 0 Å². The van der Waals surface area contributed by atoms with Crippen molar-refractivity contribution in [2.45, 2.75) is 12.8 Å². The molecule has 1 nitrogen and oxygen atoms in total. The van der Waals surface area contributed by atoms with E-state index in [4.69, 9.17) is 0 Å². The van der Waals surface area contributed by atoms with Crippen molar-refractivity contribution in [2.75, 3.05) is 20.6 Å². The molecule has 0 aromatic heterocycles. The number of hydrogen-bond donors (Lipinski definition) is 0. The Labute approximate surface area is 103 Å². The van der Waals surface area contributed by atoms with Gasteiger partial charge in [-0.25, -0.2) is 0 Å². The summed E-state index contributed by atoms with van der Waals surface area (Å²) < 4.78 is 1.74. The van der Waals surface area contributed by atoms with Gasteiger partial charge in [-0.05, 0) is 0 Å². The monoisotopic (exact) mass is 175 g/mol. The van der Waals surface area contributed by atoms with Gasteiger partial charge in [0, 0.05) is 0 Å². The van der Waals surface area contributed by atoms with Gasteiger partial charge in [-0.3, -0.25) is 0 Å². The predicted octanol–water partition coefficient (Wildman–Crippen LogP) is 1.32. The SMILES string of the molecule is CN(C)CCC1=[C]([K])CC=C1. The Morgan fingerprint density at radius 3 is 2.73 bits per heavy atom. The normalized spacial score (nSPS) is 17.2. The third kappa shape index (κ3) is 3.53. The molecule has 0 fully saturated rings. The molecule has 1 aliphatic carbocycles. The van der Waals surface area contributed by atoms with E-state index in [2.05, 4.69) is 31.1 Å². The fourth-order valence-corrected chi connectivity index (χ4v) is 2.31. The number of hydrogen-bond acceptors (Lipinski definition) is 1. The van der Waals surface area contributed by atoms with Crippen molar-refractivity contribution in [1.29, 1.82) is 0 Å². The topological polar surface area (TPSA) is 3.24 Å². The standard InChI is InChI=1S/C9H14N.K/c1-10(2)8-7-9-5-3-4-6-9;/h3,5H,4,7-8H2,1-2H3;. The molecule has 0 saturated heterocycles. The van der Waals surface area contributed by atoms with Crippen LogP contribution in [-0.2, 0) is 0 Å². The quantitative estimate of drug-likeness (QED) is 0.585. The van der Waals surface area contributed by atoms with Crippen LogP contribution in [0.5, 0.6) is 0 Å². The van der Waals surface area contributed by atoms with E-state index >= 15 is 0 Å². The summed E-state index contributed by atoms with van der Waals surface area (Å²) in [4.78, 5) is 2.25. The van der Waals surface area contributed by atoms with Gasteiger partial charge < -0.3 is 0 Å². The molecule has 0 saturated carbocycles. The Morgan fingerprint density at radius 1 is 1.55 bits per heavy atom. The molecule has 0 aromatic carbocycles. The molecule has 0 heterocycles. The first-order valence-electron chi connectivity index (χ1n) is 4.20. The summed E-state index contributed by atoms with van der Waals surface area (Å²) in [6.45, 7) is 1.19. The van der Waals surface area contributed by atoms with E-state index in [0.717, 1.165) is 49.0 Å². The summed E-state index contributed by atoms with van der Waals surface area (Å²) in [5, 5.41) is 0. The van der Waals surface area contributed by atoms with Gasteiger partial charge >= 0.3 is 105 Å². The molecule has 1 aliphatic rings. The molecule has 0 aliphatic heterocycles. The molecule has 11 heavy (non-hydrogen) atoms. The molecule has 2 heteroatoms. The van der Waals surface area contributed by atoms with Gasteiger partial charge in [0.05, 0.1) is 0 Å². The summed E-state index contributed by atoms with van der Waals surface area (Å²) >= 11 is 0.901. The average molecular weight is 175 g/mol. The van der Waals surface area contributed by atoms with Gasteiger partial charge in [0.25, 0.3) is 0 Å². The van der Waals surface area contributed by atoms with E-state index in [1.165, 1.54) is 19.4 Å². The van der Waals surface area contributed by atoms with Gasteiger partial charge in [0.15, 0.2) is 0 Å². The van der Waals surface area contributed by atoms with Crippen molar-refractivity contribution in [2.24, 2.45) is 0 Å². The number of rotatable bonds is 3. The Morgan fingerprint density at radius 2 is 2.27 bits per heavy atom. The van der Waals surface area contributed by atoms with Crippen LogP contribution in [0.25, 0.3) is 0 Å². The molecule has 0 radical (unpaired) electrons. The summed E-state index contributed by atoms with van der Waals surface area (Å²) in [5.41, 5.74) is 1.62. The van der Waals surface area contributed by atoms with Gasteiger partial charge in [-0.15, -0.1) is 0 Å². The summed E-state index contributed by atoms with van der Waals surface area (Å²) in [5.74, 6) is 0. The molecular formula is C9H14KN. The molecule has 0 unspecified atom stereocenters. The van der Waals surface area contributed by atoms with Crippen LogP contribution in [0, 0.1) is 0 Å². The van der Waals surface area contributed by atoms with Crippen LogP contribution in [-0.4, -0.2) is 74.5 Å². The number of allylic oxidation sites excluding steroid dienone is 3. The van der Waals surface area contributed by atoms with Crippen LogP contribution < -0.4 is 0 Å². The first-order valence-corrected chi connectivity index (χ1v) is 5.76. The second kappa shape index (κ2) is 4.95. The van der Waals surface area contributed by atoms with Crippen molar-refractivity contribution in [3.05, 3.63) is 17.4 Å². The third-order valence-corrected chi connectivity index (χ3v) is 3.76. The molecule has 0 atom stereocenters. The van der Waals surface area contributed by atoms with E-state index in [-0.39, 0.29) is 0 Å². The van der Waals surface area contributed by atoms with Crippen LogP contribution >= 0.6 is 0 Å². The fraction of sp³-hybridized carbons (Fsp3) is 0.556. The van der Waals surface area contributed by atoms with Crippen LogP contribution in [0.1, 0.15) is 12.8 Å². The maximum absolute atomic E-state index is 2.31. The van der Waals surface area contributed by atoms with Crippen LogP contribution in [0.3, 0.4) is 0 Å². The fourth-order valence-electron chi connectivity index (χ4n) is 1.29. The van der Waals surface area contributed by atoms with Crippen molar-refractivity contribution in [1.82, 2.24) is 4.90 Å². The van der Waals surface area contributed by atoms with Gasteiger partial charge in [0.2, 0.25) is 0 Å². The van der Waals surface area contributed by atoms with Crippen molar-refractivity contribution < 1.29 is 0 Å². The summed E-state index contributed by atoms with van der Waals surface area (Å²) in [7, 11) is 4.27. The average Bonchev–Trinajstić information content (AvgIpc) is 2.31.